The zero-order valence-corrected chi connectivity index (χ0v) is 18.6. The van der Waals surface area contributed by atoms with Crippen molar-refractivity contribution in [2.75, 3.05) is 0 Å². The lowest BCUT2D eigenvalue weighted by molar-refractivity contribution is -0.120. The summed E-state index contributed by atoms with van der Waals surface area (Å²) in [7, 11) is 0. The van der Waals surface area contributed by atoms with Gasteiger partial charge in [0.05, 0.1) is 23.7 Å². The number of rotatable bonds is 7. The molecule has 32 heavy (non-hydrogen) atoms. The Bertz CT molecular complexity index is 1320. The Labute approximate surface area is 193 Å². The summed E-state index contributed by atoms with van der Waals surface area (Å²) in [5.74, 6) is 0.538. The molecule has 162 valence electrons. The lowest BCUT2D eigenvalue weighted by atomic mass is 10.1. The fourth-order valence-corrected chi connectivity index (χ4v) is 4.74. The summed E-state index contributed by atoms with van der Waals surface area (Å²) in [4.78, 5) is 31.3. The van der Waals surface area contributed by atoms with Crippen LogP contribution in [0.2, 0.25) is 5.02 Å². The Kier molecular flexibility index (Phi) is 5.76. The van der Waals surface area contributed by atoms with Gasteiger partial charge in [-0.2, -0.15) is 0 Å². The van der Waals surface area contributed by atoms with Crippen molar-refractivity contribution < 1.29 is 9.21 Å². The Hall–Kier alpha value is -3.03. The molecule has 2 aromatic carbocycles. The smallest absolute Gasteiger partial charge is 0.262 e. The monoisotopic (exact) mass is 465 g/mol. The predicted octanol–water partition coefficient (Wildman–Crippen LogP) is 4.80. The average Bonchev–Trinajstić information content (AvgIpc) is 3.45. The van der Waals surface area contributed by atoms with E-state index in [1.54, 1.807) is 41.2 Å². The molecule has 8 heteroatoms. The first-order valence-corrected chi connectivity index (χ1v) is 11.6. The van der Waals surface area contributed by atoms with Crippen molar-refractivity contribution in [3.05, 3.63) is 93.6 Å². The van der Waals surface area contributed by atoms with Crippen molar-refractivity contribution in [3.63, 3.8) is 0 Å². The average molecular weight is 466 g/mol. The molecule has 2 aromatic heterocycles. The number of furan rings is 1. The maximum atomic E-state index is 13.4. The third-order valence-electron chi connectivity index (χ3n) is 5.26. The molecule has 1 unspecified atom stereocenters. The van der Waals surface area contributed by atoms with Gasteiger partial charge >= 0.3 is 0 Å². The number of halogens is 1. The Morgan fingerprint density at radius 3 is 2.72 bits per heavy atom. The largest absolute Gasteiger partial charge is 0.467 e. The summed E-state index contributed by atoms with van der Waals surface area (Å²) in [6.07, 6.45) is 3.55. The molecular formula is C24H20ClN3O3S. The molecule has 1 aliphatic rings. The first-order valence-electron chi connectivity index (χ1n) is 10.3. The molecule has 0 bridgehead atoms. The Morgan fingerprint density at radius 1 is 1.19 bits per heavy atom. The van der Waals surface area contributed by atoms with Gasteiger partial charge in [0.25, 0.3) is 5.56 Å². The summed E-state index contributed by atoms with van der Waals surface area (Å²) in [6.45, 7) is 0.214. The van der Waals surface area contributed by atoms with Gasteiger partial charge in [0.15, 0.2) is 5.16 Å². The van der Waals surface area contributed by atoms with Crippen LogP contribution in [-0.2, 0) is 11.3 Å². The van der Waals surface area contributed by atoms with E-state index >= 15 is 0 Å². The summed E-state index contributed by atoms with van der Waals surface area (Å²) in [6, 6.07) is 18.4. The van der Waals surface area contributed by atoms with E-state index in [4.69, 9.17) is 21.0 Å². The summed E-state index contributed by atoms with van der Waals surface area (Å²) < 4.78 is 7.04. The summed E-state index contributed by atoms with van der Waals surface area (Å²) >= 11 is 7.42. The quantitative estimate of drug-likeness (QED) is 0.313. The number of carbonyl (C=O) groups excluding carboxylic acids is 1. The van der Waals surface area contributed by atoms with E-state index in [1.165, 1.54) is 11.8 Å². The van der Waals surface area contributed by atoms with E-state index in [0.29, 0.717) is 26.8 Å². The molecule has 6 nitrogen and oxygen atoms in total. The van der Waals surface area contributed by atoms with Crippen molar-refractivity contribution in [1.29, 1.82) is 0 Å². The second-order valence-electron chi connectivity index (χ2n) is 7.72. The maximum Gasteiger partial charge on any atom is 0.262 e. The molecule has 0 spiro atoms. The lowest BCUT2D eigenvalue weighted by Crippen LogP contribution is -2.31. The van der Waals surface area contributed by atoms with Crippen molar-refractivity contribution in [3.8, 4) is 0 Å². The Morgan fingerprint density at radius 2 is 2.00 bits per heavy atom. The van der Waals surface area contributed by atoms with Crippen molar-refractivity contribution in [2.45, 2.75) is 35.8 Å². The molecule has 0 saturated heterocycles. The fourth-order valence-electron chi connectivity index (χ4n) is 3.47. The highest BCUT2D eigenvalue weighted by Crippen LogP contribution is 2.36. The normalized spacial score (nSPS) is 14.4. The maximum absolute atomic E-state index is 13.4. The van der Waals surface area contributed by atoms with Crippen molar-refractivity contribution in [1.82, 2.24) is 14.9 Å². The number of aromatic nitrogens is 2. The minimum atomic E-state index is -0.553. The molecule has 1 N–H and O–H groups in total. The highest BCUT2D eigenvalue weighted by molar-refractivity contribution is 8.00. The molecule has 1 amide bonds. The SMILES string of the molecule is O=C(NC1CC1)C(Sc1nc2cc(Cl)ccc2c(=O)n1Cc1ccco1)c1ccccc1. The van der Waals surface area contributed by atoms with Crippen LogP contribution in [0.3, 0.4) is 0 Å². The first-order chi connectivity index (χ1) is 15.6. The molecule has 2 heterocycles. The van der Waals surface area contributed by atoms with E-state index < -0.39 is 5.25 Å². The van der Waals surface area contributed by atoms with Crippen LogP contribution >= 0.6 is 23.4 Å². The number of nitrogens with zero attached hydrogens (tertiary/aromatic N) is 2. The number of thioether (sulfide) groups is 1. The van der Waals surface area contributed by atoms with Crippen LogP contribution in [0.4, 0.5) is 0 Å². The molecule has 1 saturated carbocycles. The van der Waals surface area contributed by atoms with Crippen LogP contribution in [0.15, 0.2) is 81.3 Å². The van der Waals surface area contributed by atoms with Crippen LogP contribution < -0.4 is 10.9 Å². The molecule has 1 fully saturated rings. The number of benzene rings is 2. The van der Waals surface area contributed by atoms with Gasteiger partial charge in [0.2, 0.25) is 5.91 Å². The third-order valence-corrected chi connectivity index (χ3v) is 6.74. The van der Waals surface area contributed by atoms with E-state index in [0.717, 1.165) is 18.4 Å². The molecule has 1 aliphatic carbocycles. The summed E-state index contributed by atoms with van der Waals surface area (Å²) in [5, 5.41) is 3.92. The molecule has 5 rings (SSSR count). The standard InChI is InChI=1S/C24H20ClN3O3S/c25-16-8-11-19-20(13-16)27-24(28(23(19)30)14-18-7-4-12-31-18)32-21(15-5-2-1-3-6-15)22(29)26-17-9-10-17/h1-8,11-13,17,21H,9-10,14H2,(H,26,29). The van der Waals surface area contributed by atoms with Crippen LogP contribution in [0.25, 0.3) is 10.9 Å². The Balaban J connectivity index is 1.61. The predicted molar refractivity (Wildman–Crippen MR) is 125 cm³/mol. The third kappa shape index (κ3) is 4.45. The van der Waals surface area contributed by atoms with E-state index in [1.807, 2.05) is 30.3 Å². The van der Waals surface area contributed by atoms with E-state index in [9.17, 15) is 9.59 Å². The van der Waals surface area contributed by atoms with Gasteiger partial charge in [-0.25, -0.2) is 4.98 Å². The highest BCUT2D eigenvalue weighted by atomic mass is 35.5. The number of carbonyl (C=O) groups is 1. The van der Waals surface area contributed by atoms with E-state index in [-0.39, 0.29) is 24.1 Å². The highest BCUT2D eigenvalue weighted by Gasteiger charge is 2.30. The zero-order valence-electron chi connectivity index (χ0n) is 17.0. The van der Waals surface area contributed by atoms with Crippen LogP contribution in [-0.4, -0.2) is 21.5 Å². The van der Waals surface area contributed by atoms with Gasteiger partial charge in [-0.05, 0) is 48.7 Å². The van der Waals surface area contributed by atoms with Gasteiger partial charge in [0, 0.05) is 11.1 Å². The minimum Gasteiger partial charge on any atom is -0.467 e. The van der Waals surface area contributed by atoms with Crippen LogP contribution in [0, 0.1) is 0 Å². The summed E-state index contributed by atoms with van der Waals surface area (Å²) in [5.41, 5.74) is 1.13. The van der Waals surface area contributed by atoms with Gasteiger partial charge in [-0.3, -0.25) is 14.2 Å². The number of hydrogen-bond acceptors (Lipinski definition) is 5. The van der Waals surface area contributed by atoms with Crippen LogP contribution in [0.1, 0.15) is 29.4 Å². The zero-order chi connectivity index (χ0) is 22.1. The van der Waals surface area contributed by atoms with Crippen molar-refractivity contribution >= 4 is 40.2 Å². The number of amides is 1. The molecule has 0 radical (unpaired) electrons. The number of hydrogen-bond donors (Lipinski definition) is 1. The second-order valence-corrected chi connectivity index (χ2v) is 9.23. The van der Waals surface area contributed by atoms with Crippen LogP contribution in [0.5, 0.6) is 0 Å². The molecule has 4 aromatic rings. The topological polar surface area (TPSA) is 77.1 Å². The molecular weight excluding hydrogens is 446 g/mol. The van der Waals surface area contributed by atoms with Gasteiger partial charge in [0.1, 0.15) is 11.0 Å². The van der Waals surface area contributed by atoms with Crippen molar-refractivity contribution in [2.24, 2.45) is 0 Å². The fraction of sp³-hybridized carbons (Fsp3) is 0.208. The number of fused-ring (bicyclic) bond motifs is 1. The van der Waals surface area contributed by atoms with Gasteiger partial charge < -0.3 is 9.73 Å². The van der Waals surface area contributed by atoms with Gasteiger partial charge in [-0.15, -0.1) is 0 Å². The first kappa shape index (κ1) is 20.8. The van der Waals surface area contributed by atoms with E-state index in [2.05, 4.69) is 5.32 Å². The van der Waals surface area contributed by atoms with Gasteiger partial charge in [-0.1, -0.05) is 53.7 Å². The molecule has 1 atom stereocenters. The lowest BCUT2D eigenvalue weighted by Gasteiger charge is -2.19. The minimum absolute atomic E-state index is 0.0892. The molecule has 0 aliphatic heterocycles. The second kappa shape index (κ2) is 8.84. The number of nitrogens with one attached hydrogen (secondary N) is 1.